The molecule has 0 bridgehead atoms. The van der Waals surface area contributed by atoms with Crippen LogP contribution in [-0.4, -0.2) is 30.9 Å². The van der Waals surface area contributed by atoms with Gasteiger partial charge in [-0.2, -0.15) is 0 Å². The molecule has 6 heteroatoms. The number of hydrogen-bond donors (Lipinski definition) is 0. The lowest BCUT2D eigenvalue weighted by molar-refractivity contribution is 0.443. The van der Waals surface area contributed by atoms with Gasteiger partial charge in [0.1, 0.15) is 5.03 Å². The second-order valence-corrected chi connectivity index (χ2v) is 9.04. The summed E-state index contributed by atoms with van der Waals surface area (Å²) in [6.07, 6.45) is 6.64. The minimum absolute atomic E-state index is 0.869. The monoisotopic (exact) mass is 383 g/mol. The summed E-state index contributed by atoms with van der Waals surface area (Å²) < 4.78 is 15.9. The zero-order valence-corrected chi connectivity index (χ0v) is 16.5. The second kappa shape index (κ2) is 7.39. The van der Waals surface area contributed by atoms with Crippen molar-refractivity contribution >= 4 is 22.7 Å². The summed E-state index contributed by atoms with van der Waals surface area (Å²) in [5.41, 5.74) is 5.20. The van der Waals surface area contributed by atoms with Crippen LogP contribution in [-0.2, 0) is 30.8 Å². The highest BCUT2D eigenvalue weighted by Gasteiger charge is 2.18. The Balaban J connectivity index is 1.50. The third-order valence-electron chi connectivity index (χ3n) is 4.61. The van der Waals surface area contributed by atoms with Gasteiger partial charge in [0.05, 0.1) is 6.33 Å². The van der Waals surface area contributed by atoms with E-state index in [1.807, 2.05) is 30.1 Å². The van der Waals surface area contributed by atoms with Crippen LogP contribution in [0.2, 0.25) is 0 Å². The van der Waals surface area contributed by atoms with Gasteiger partial charge in [-0.1, -0.05) is 30.3 Å². The van der Waals surface area contributed by atoms with Crippen LogP contribution in [0.3, 0.4) is 0 Å². The normalized spacial score (nSPS) is 15.6. The van der Waals surface area contributed by atoms with Crippen molar-refractivity contribution in [2.45, 2.75) is 22.9 Å². The summed E-state index contributed by atoms with van der Waals surface area (Å²) in [5, 5.41) is 1.04. The molecule has 0 saturated heterocycles. The van der Waals surface area contributed by atoms with E-state index in [0.717, 1.165) is 29.4 Å². The maximum absolute atomic E-state index is 11.5. The van der Waals surface area contributed by atoms with Crippen LogP contribution in [0.25, 0.3) is 11.1 Å². The first-order chi connectivity index (χ1) is 12.6. The van der Waals surface area contributed by atoms with Gasteiger partial charge in [0, 0.05) is 48.3 Å². The number of benzene rings is 2. The Labute approximate surface area is 160 Å². The van der Waals surface area contributed by atoms with Crippen molar-refractivity contribution in [3.63, 3.8) is 0 Å². The second-order valence-electron chi connectivity index (χ2n) is 6.54. The number of rotatable bonds is 4. The van der Waals surface area contributed by atoms with Gasteiger partial charge in [0.2, 0.25) is 0 Å². The van der Waals surface area contributed by atoms with Gasteiger partial charge in [0.15, 0.2) is 0 Å². The minimum atomic E-state index is -0.930. The van der Waals surface area contributed by atoms with E-state index >= 15 is 0 Å². The lowest BCUT2D eigenvalue weighted by Crippen LogP contribution is -2.24. The summed E-state index contributed by atoms with van der Waals surface area (Å²) in [7, 11) is 1.07. The van der Waals surface area contributed by atoms with E-state index in [1.165, 1.54) is 22.3 Å². The number of fused-ring (bicyclic) bond motifs is 1. The lowest BCUT2D eigenvalue weighted by atomic mass is 9.95. The van der Waals surface area contributed by atoms with Gasteiger partial charge in [0.25, 0.3) is 0 Å². The molecule has 0 saturated carbocycles. The van der Waals surface area contributed by atoms with Gasteiger partial charge in [-0.3, -0.25) is 4.21 Å². The van der Waals surface area contributed by atoms with Crippen molar-refractivity contribution in [1.82, 2.24) is 13.9 Å². The lowest BCUT2D eigenvalue weighted by Gasteiger charge is -2.27. The first-order valence-corrected chi connectivity index (χ1v) is 10.9. The van der Waals surface area contributed by atoms with Crippen molar-refractivity contribution in [3.8, 4) is 11.1 Å². The quantitative estimate of drug-likeness (QED) is 0.641. The minimum Gasteiger partial charge on any atom is -0.339 e. The third kappa shape index (κ3) is 3.77. The van der Waals surface area contributed by atoms with Gasteiger partial charge in [-0.15, -0.1) is 0 Å². The average molecular weight is 384 g/mol. The molecule has 3 aromatic rings. The molecule has 2 heterocycles. The van der Waals surface area contributed by atoms with E-state index in [9.17, 15) is 4.21 Å². The molecule has 0 amide bonds. The SMILES string of the molecule is Cn1cnc(SN2CCc3cc(-c4ccc(S(C)=O)cc4)ccc3C2)c1. The number of imidazole rings is 1. The zero-order valence-electron chi connectivity index (χ0n) is 14.9. The summed E-state index contributed by atoms with van der Waals surface area (Å²) >= 11 is 1.73. The van der Waals surface area contributed by atoms with Crippen LogP contribution in [0.15, 0.2) is 64.9 Å². The molecule has 2 aromatic carbocycles. The Hall–Kier alpha value is -1.89. The van der Waals surface area contributed by atoms with Crippen molar-refractivity contribution in [1.29, 1.82) is 0 Å². The molecule has 1 aromatic heterocycles. The fourth-order valence-electron chi connectivity index (χ4n) is 3.19. The fourth-order valence-corrected chi connectivity index (χ4v) is 4.67. The standard InChI is InChI=1S/C20H21N3OS2/c1-22-13-20(21-14-22)25-23-10-9-17-11-16(3-4-18(17)12-23)15-5-7-19(8-6-15)26(2)24/h3-8,11,13-14H,9-10,12H2,1-2H3. The Kier molecular flexibility index (Phi) is 4.98. The molecule has 134 valence electrons. The van der Waals surface area contributed by atoms with Gasteiger partial charge in [-0.25, -0.2) is 9.29 Å². The van der Waals surface area contributed by atoms with Crippen molar-refractivity contribution in [3.05, 3.63) is 66.1 Å². The van der Waals surface area contributed by atoms with Crippen LogP contribution in [0, 0.1) is 0 Å². The third-order valence-corrected chi connectivity index (χ3v) is 6.51. The van der Waals surface area contributed by atoms with E-state index in [2.05, 4.69) is 45.8 Å². The van der Waals surface area contributed by atoms with Gasteiger partial charge in [-0.05, 0) is 52.8 Å². The first-order valence-electron chi connectivity index (χ1n) is 8.55. The van der Waals surface area contributed by atoms with E-state index in [1.54, 1.807) is 18.2 Å². The molecule has 1 aliphatic rings. The number of nitrogens with zero attached hydrogens (tertiary/aromatic N) is 3. The van der Waals surface area contributed by atoms with Crippen molar-refractivity contribution < 1.29 is 4.21 Å². The van der Waals surface area contributed by atoms with Crippen molar-refractivity contribution in [2.24, 2.45) is 7.05 Å². The molecule has 0 radical (unpaired) electrons. The van der Waals surface area contributed by atoms with E-state index < -0.39 is 10.8 Å². The van der Waals surface area contributed by atoms with Crippen LogP contribution >= 0.6 is 11.9 Å². The van der Waals surface area contributed by atoms with Crippen LogP contribution in [0.1, 0.15) is 11.1 Å². The highest BCUT2D eigenvalue weighted by Crippen LogP contribution is 2.31. The predicted octanol–water partition coefficient (Wildman–Crippen LogP) is 3.89. The molecule has 26 heavy (non-hydrogen) atoms. The average Bonchev–Trinajstić information content (AvgIpc) is 3.06. The topological polar surface area (TPSA) is 38.1 Å². The number of aromatic nitrogens is 2. The fraction of sp³-hybridized carbons (Fsp3) is 0.250. The highest BCUT2D eigenvalue weighted by atomic mass is 32.2. The summed E-state index contributed by atoms with van der Waals surface area (Å²) in [6, 6.07) is 14.8. The Bertz CT molecular complexity index is 950. The van der Waals surface area contributed by atoms with Crippen LogP contribution in [0.4, 0.5) is 0 Å². The smallest absolute Gasteiger partial charge is 0.129 e. The summed E-state index contributed by atoms with van der Waals surface area (Å²) in [5.74, 6) is 0. The van der Waals surface area contributed by atoms with Crippen LogP contribution < -0.4 is 0 Å². The maximum Gasteiger partial charge on any atom is 0.129 e. The Morgan fingerprint density at radius 3 is 2.54 bits per heavy atom. The van der Waals surface area contributed by atoms with Gasteiger partial charge >= 0.3 is 0 Å². The molecule has 0 spiro atoms. The Morgan fingerprint density at radius 1 is 1.08 bits per heavy atom. The largest absolute Gasteiger partial charge is 0.339 e. The molecule has 1 aliphatic heterocycles. The van der Waals surface area contributed by atoms with Crippen LogP contribution in [0.5, 0.6) is 0 Å². The molecule has 0 aliphatic carbocycles. The summed E-state index contributed by atoms with van der Waals surface area (Å²) in [6.45, 7) is 1.95. The summed E-state index contributed by atoms with van der Waals surface area (Å²) in [4.78, 5) is 5.27. The van der Waals surface area contributed by atoms with Crippen molar-refractivity contribution in [2.75, 3.05) is 12.8 Å². The molecule has 1 unspecified atom stereocenters. The number of hydrogen-bond acceptors (Lipinski definition) is 4. The zero-order chi connectivity index (χ0) is 18.1. The van der Waals surface area contributed by atoms with E-state index in [-0.39, 0.29) is 0 Å². The molecular formula is C20H21N3OS2. The Morgan fingerprint density at radius 2 is 1.85 bits per heavy atom. The van der Waals surface area contributed by atoms with Gasteiger partial charge < -0.3 is 4.57 Å². The molecular weight excluding hydrogens is 362 g/mol. The maximum atomic E-state index is 11.5. The molecule has 0 N–H and O–H groups in total. The highest BCUT2D eigenvalue weighted by molar-refractivity contribution is 7.96. The molecule has 1 atom stereocenters. The van der Waals surface area contributed by atoms with E-state index in [4.69, 9.17) is 0 Å². The first kappa shape index (κ1) is 17.5. The molecule has 0 fully saturated rings. The predicted molar refractivity (Wildman–Crippen MR) is 107 cm³/mol. The number of aryl methyl sites for hydroxylation is 1. The van der Waals surface area contributed by atoms with E-state index in [0.29, 0.717) is 0 Å². The molecule has 4 nitrogen and oxygen atoms in total. The molecule has 4 rings (SSSR count).